The maximum Gasteiger partial charge on any atom is 0.294 e. The first-order valence-electron chi connectivity index (χ1n) is 5.72. The van der Waals surface area contributed by atoms with E-state index in [1.165, 1.54) is 18.9 Å². The molecule has 0 aromatic heterocycles. The number of aryl methyl sites for hydroxylation is 1. The first-order chi connectivity index (χ1) is 7.97. The Labute approximate surface area is 104 Å². The minimum atomic E-state index is -4.05. The number of nitrogens with two attached hydrogens (primary N) is 1. The molecule has 1 rings (SSSR count). The molecule has 0 aliphatic carbocycles. The first-order valence-corrected chi connectivity index (χ1v) is 7.16. The smallest absolute Gasteiger partial charge is 0.294 e. The van der Waals surface area contributed by atoms with Crippen LogP contribution < -0.4 is 5.73 Å². The van der Waals surface area contributed by atoms with Crippen molar-refractivity contribution in [3.05, 3.63) is 29.8 Å². The van der Waals surface area contributed by atoms with Crippen molar-refractivity contribution in [2.75, 3.05) is 6.54 Å². The molecular weight excluding hydrogens is 238 g/mol. The molecule has 0 saturated heterocycles. The van der Waals surface area contributed by atoms with Crippen molar-refractivity contribution in [3.63, 3.8) is 0 Å². The van der Waals surface area contributed by atoms with E-state index in [4.69, 9.17) is 10.3 Å². The summed E-state index contributed by atoms with van der Waals surface area (Å²) in [7, 11) is -4.05. The quantitative estimate of drug-likeness (QED) is 0.813. The molecule has 0 amide bonds. The van der Waals surface area contributed by atoms with Crippen molar-refractivity contribution in [1.82, 2.24) is 0 Å². The lowest BCUT2D eigenvalue weighted by Gasteiger charge is -2.02. The second-order valence-corrected chi connectivity index (χ2v) is 4.97. The predicted octanol–water partition coefficient (Wildman–Crippen LogP) is 2.24. The van der Waals surface area contributed by atoms with Gasteiger partial charge in [0.2, 0.25) is 0 Å². The molecule has 0 aliphatic heterocycles. The predicted molar refractivity (Wildman–Crippen MR) is 69.6 cm³/mol. The van der Waals surface area contributed by atoms with Gasteiger partial charge in [-0.25, -0.2) is 0 Å². The number of benzene rings is 1. The van der Waals surface area contributed by atoms with Crippen LogP contribution in [-0.2, 0) is 16.5 Å². The third kappa shape index (κ3) is 6.41. The summed E-state index contributed by atoms with van der Waals surface area (Å²) < 4.78 is 30.3. The van der Waals surface area contributed by atoms with Crippen molar-refractivity contribution in [3.8, 4) is 0 Å². The normalized spacial score (nSPS) is 10.6. The van der Waals surface area contributed by atoms with Gasteiger partial charge < -0.3 is 5.73 Å². The van der Waals surface area contributed by atoms with Crippen LogP contribution >= 0.6 is 0 Å². The third-order valence-electron chi connectivity index (χ3n) is 2.19. The Balaban J connectivity index is 0.000000437. The van der Waals surface area contributed by atoms with Crippen LogP contribution in [0.25, 0.3) is 0 Å². The Bertz CT molecular complexity index is 414. The molecule has 0 radical (unpaired) electrons. The lowest BCUT2D eigenvalue weighted by molar-refractivity contribution is 0.482. The average molecular weight is 259 g/mol. The molecule has 0 aliphatic rings. The van der Waals surface area contributed by atoms with Gasteiger partial charge in [-0.2, -0.15) is 8.42 Å². The fourth-order valence-electron chi connectivity index (χ4n) is 1.25. The van der Waals surface area contributed by atoms with Crippen molar-refractivity contribution < 1.29 is 13.0 Å². The van der Waals surface area contributed by atoms with Crippen molar-refractivity contribution in [2.45, 2.75) is 38.0 Å². The highest BCUT2D eigenvalue weighted by Gasteiger charge is 2.12. The molecule has 0 saturated carbocycles. The summed E-state index contributed by atoms with van der Waals surface area (Å²) in [5.74, 6) is 0. The molecule has 0 unspecified atom stereocenters. The summed E-state index contributed by atoms with van der Waals surface area (Å²) in [6.45, 7) is 4.81. The molecule has 17 heavy (non-hydrogen) atoms. The van der Waals surface area contributed by atoms with Crippen LogP contribution in [0, 0.1) is 0 Å². The van der Waals surface area contributed by atoms with Crippen molar-refractivity contribution in [1.29, 1.82) is 0 Å². The topological polar surface area (TPSA) is 80.4 Å². The lowest BCUT2D eigenvalue weighted by Crippen LogP contribution is -2.01. The maximum absolute atomic E-state index is 10.8. The maximum atomic E-state index is 10.8. The second kappa shape index (κ2) is 8.22. The molecule has 1 aromatic carbocycles. The molecule has 3 N–H and O–H groups in total. The van der Waals surface area contributed by atoms with Gasteiger partial charge in [0.1, 0.15) is 0 Å². The standard InChI is InChI=1S/C8H10O3S.C4H11N/c1-2-7-5-3-4-6-8(7)12(9,10)11;1-2-3-4-5/h3-6H,2H2,1H3,(H,9,10,11);2-5H2,1H3. The second-order valence-electron chi connectivity index (χ2n) is 3.58. The van der Waals surface area contributed by atoms with E-state index in [1.807, 2.05) is 6.92 Å². The summed E-state index contributed by atoms with van der Waals surface area (Å²) in [5, 5.41) is 0. The fraction of sp³-hybridized carbons (Fsp3) is 0.500. The van der Waals surface area contributed by atoms with Crippen LogP contribution in [0.1, 0.15) is 32.3 Å². The van der Waals surface area contributed by atoms with Crippen LogP contribution in [0.5, 0.6) is 0 Å². The van der Waals surface area contributed by atoms with Gasteiger partial charge >= 0.3 is 0 Å². The van der Waals surface area contributed by atoms with Crippen LogP contribution in [-0.4, -0.2) is 19.5 Å². The zero-order valence-electron chi connectivity index (χ0n) is 10.4. The zero-order valence-corrected chi connectivity index (χ0v) is 11.2. The zero-order chi connectivity index (χ0) is 13.3. The Hall–Kier alpha value is -0.910. The van der Waals surface area contributed by atoms with E-state index in [1.54, 1.807) is 18.2 Å². The van der Waals surface area contributed by atoms with Crippen molar-refractivity contribution in [2.24, 2.45) is 5.73 Å². The Morgan fingerprint density at radius 2 is 1.82 bits per heavy atom. The van der Waals surface area contributed by atoms with E-state index in [2.05, 4.69) is 6.92 Å². The first kappa shape index (κ1) is 16.1. The monoisotopic (exact) mass is 259 g/mol. The van der Waals surface area contributed by atoms with Crippen LogP contribution in [0.2, 0.25) is 0 Å². The third-order valence-corrected chi connectivity index (χ3v) is 3.14. The minimum absolute atomic E-state index is 0.00694. The Kier molecular flexibility index (Phi) is 7.78. The van der Waals surface area contributed by atoms with E-state index in [9.17, 15) is 8.42 Å². The lowest BCUT2D eigenvalue weighted by atomic mass is 10.2. The number of rotatable bonds is 4. The SMILES string of the molecule is CCCCN.CCc1ccccc1S(=O)(=O)O. The Morgan fingerprint density at radius 3 is 2.12 bits per heavy atom. The number of hydrogen-bond donors (Lipinski definition) is 2. The van der Waals surface area contributed by atoms with Crippen LogP contribution in [0.15, 0.2) is 29.2 Å². The van der Waals surface area contributed by atoms with Crippen LogP contribution in [0.3, 0.4) is 0 Å². The van der Waals surface area contributed by atoms with Gasteiger partial charge in [0.25, 0.3) is 10.1 Å². The molecule has 1 aromatic rings. The summed E-state index contributed by atoms with van der Waals surface area (Å²) >= 11 is 0. The molecule has 5 heteroatoms. The minimum Gasteiger partial charge on any atom is -0.330 e. The van der Waals surface area contributed by atoms with Crippen molar-refractivity contribution >= 4 is 10.1 Å². The van der Waals surface area contributed by atoms with Gasteiger partial charge in [-0.3, -0.25) is 4.55 Å². The molecule has 98 valence electrons. The van der Waals surface area contributed by atoms with E-state index in [0.29, 0.717) is 12.0 Å². The summed E-state index contributed by atoms with van der Waals surface area (Å²) in [6.07, 6.45) is 2.98. The Morgan fingerprint density at radius 1 is 1.24 bits per heavy atom. The molecule has 4 nitrogen and oxygen atoms in total. The summed E-state index contributed by atoms with van der Waals surface area (Å²) in [4.78, 5) is 0.00694. The van der Waals surface area contributed by atoms with Gasteiger partial charge in [-0.15, -0.1) is 0 Å². The van der Waals surface area contributed by atoms with E-state index >= 15 is 0 Å². The fourth-order valence-corrected chi connectivity index (χ4v) is 2.05. The highest BCUT2D eigenvalue weighted by atomic mass is 32.2. The molecule has 0 fully saturated rings. The average Bonchev–Trinajstić information content (AvgIpc) is 2.30. The number of unbranched alkanes of at least 4 members (excludes halogenated alkanes) is 1. The molecule has 0 heterocycles. The molecule has 0 spiro atoms. The largest absolute Gasteiger partial charge is 0.330 e. The van der Waals surface area contributed by atoms with Gasteiger partial charge in [0.15, 0.2) is 0 Å². The van der Waals surface area contributed by atoms with Gasteiger partial charge in [-0.1, -0.05) is 38.5 Å². The van der Waals surface area contributed by atoms with E-state index in [0.717, 1.165) is 6.54 Å². The van der Waals surface area contributed by atoms with Crippen LogP contribution in [0.4, 0.5) is 0 Å². The van der Waals surface area contributed by atoms with Gasteiger partial charge in [0.05, 0.1) is 4.90 Å². The van der Waals surface area contributed by atoms with E-state index < -0.39 is 10.1 Å². The van der Waals surface area contributed by atoms with E-state index in [-0.39, 0.29) is 4.90 Å². The highest BCUT2D eigenvalue weighted by Crippen LogP contribution is 2.14. The van der Waals surface area contributed by atoms with Gasteiger partial charge in [0, 0.05) is 0 Å². The summed E-state index contributed by atoms with van der Waals surface area (Å²) in [6, 6.07) is 6.41. The molecule has 0 atom stereocenters. The number of hydrogen-bond acceptors (Lipinski definition) is 3. The molecular formula is C12H21NO3S. The van der Waals surface area contributed by atoms with Gasteiger partial charge in [-0.05, 0) is 31.0 Å². The summed E-state index contributed by atoms with van der Waals surface area (Å²) in [5.41, 5.74) is 5.78. The molecule has 0 bridgehead atoms. The highest BCUT2D eigenvalue weighted by molar-refractivity contribution is 7.85.